The standard InChI is InChI=1S/C14H17N3O2S2/c18-14(13-3-1-2-4-19-13)17(7-11-5-15-9-20-11)8-12-6-16-10-21-12/h5-6,9-10,13H,1-4,7-8H2. The Kier molecular flexibility index (Phi) is 4.95. The average molecular weight is 323 g/mol. The summed E-state index contributed by atoms with van der Waals surface area (Å²) < 4.78 is 5.64. The lowest BCUT2D eigenvalue weighted by Gasteiger charge is -2.28. The first-order valence-electron chi connectivity index (χ1n) is 6.98. The zero-order valence-corrected chi connectivity index (χ0v) is 13.2. The van der Waals surface area contributed by atoms with Crippen LogP contribution >= 0.6 is 22.7 Å². The Bertz CT molecular complexity index is 515. The fourth-order valence-corrected chi connectivity index (χ4v) is 3.59. The Labute approximate surface area is 131 Å². The van der Waals surface area contributed by atoms with E-state index in [-0.39, 0.29) is 12.0 Å². The van der Waals surface area contributed by atoms with Gasteiger partial charge in [-0.3, -0.25) is 14.8 Å². The van der Waals surface area contributed by atoms with Crippen molar-refractivity contribution in [3.63, 3.8) is 0 Å². The first-order valence-corrected chi connectivity index (χ1v) is 8.74. The van der Waals surface area contributed by atoms with Crippen LogP contribution in [0.2, 0.25) is 0 Å². The Morgan fingerprint density at radius 3 is 2.33 bits per heavy atom. The van der Waals surface area contributed by atoms with Gasteiger partial charge in [-0.15, -0.1) is 22.7 Å². The molecule has 2 aromatic heterocycles. The van der Waals surface area contributed by atoms with Gasteiger partial charge in [0.1, 0.15) is 6.10 Å². The zero-order valence-electron chi connectivity index (χ0n) is 11.6. The fourth-order valence-electron chi connectivity index (χ4n) is 2.37. The van der Waals surface area contributed by atoms with Crippen molar-refractivity contribution in [3.05, 3.63) is 33.2 Å². The van der Waals surface area contributed by atoms with E-state index in [0.717, 1.165) is 29.0 Å². The van der Waals surface area contributed by atoms with Crippen LogP contribution in [0, 0.1) is 0 Å². The van der Waals surface area contributed by atoms with Gasteiger partial charge in [-0.25, -0.2) is 0 Å². The number of aromatic nitrogens is 2. The Balaban J connectivity index is 1.72. The van der Waals surface area contributed by atoms with Crippen molar-refractivity contribution in [2.45, 2.75) is 38.5 Å². The molecule has 0 N–H and O–H groups in total. The molecule has 0 aliphatic carbocycles. The number of amides is 1. The molecule has 112 valence electrons. The number of rotatable bonds is 5. The molecule has 1 fully saturated rings. The number of carbonyl (C=O) groups excluding carboxylic acids is 1. The highest BCUT2D eigenvalue weighted by Crippen LogP contribution is 2.20. The molecule has 0 aromatic carbocycles. The number of hydrogen-bond donors (Lipinski definition) is 0. The van der Waals surface area contributed by atoms with Gasteiger partial charge >= 0.3 is 0 Å². The predicted molar refractivity (Wildman–Crippen MR) is 82.1 cm³/mol. The smallest absolute Gasteiger partial charge is 0.252 e. The quantitative estimate of drug-likeness (QED) is 0.849. The van der Waals surface area contributed by atoms with Gasteiger partial charge in [-0.2, -0.15) is 0 Å². The summed E-state index contributed by atoms with van der Waals surface area (Å²) in [6.45, 7) is 1.86. The molecule has 0 bridgehead atoms. The Hall–Kier alpha value is -1.31. The summed E-state index contributed by atoms with van der Waals surface area (Å²) in [5.41, 5.74) is 3.59. The molecule has 1 saturated heterocycles. The zero-order chi connectivity index (χ0) is 14.5. The van der Waals surface area contributed by atoms with Gasteiger partial charge in [0, 0.05) is 28.8 Å². The summed E-state index contributed by atoms with van der Waals surface area (Å²) in [6, 6.07) is 0. The number of ether oxygens (including phenoxy) is 1. The van der Waals surface area contributed by atoms with E-state index in [4.69, 9.17) is 4.74 Å². The highest BCUT2D eigenvalue weighted by Gasteiger charge is 2.27. The molecule has 0 radical (unpaired) electrons. The highest BCUT2D eigenvalue weighted by atomic mass is 32.1. The molecule has 1 aliphatic rings. The third-order valence-corrected chi connectivity index (χ3v) is 4.96. The first kappa shape index (κ1) is 14.6. The van der Waals surface area contributed by atoms with Crippen molar-refractivity contribution < 1.29 is 9.53 Å². The molecule has 3 rings (SSSR count). The minimum absolute atomic E-state index is 0.0801. The topological polar surface area (TPSA) is 55.3 Å². The van der Waals surface area contributed by atoms with Crippen LogP contribution in [-0.4, -0.2) is 33.5 Å². The minimum atomic E-state index is -0.292. The van der Waals surface area contributed by atoms with Gasteiger partial charge in [-0.1, -0.05) is 0 Å². The van der Waals surface area contributed by atoms with Crippen molar-refractivity contribution in [2.24, 2.45) is 0 Å². The number of nitrogens with zero attached hydrogens (tertiary/aromatic N) is 3. The SMILES string of the molecule is O=C(C1CCCCO1)N(Cc1cncs1)Cc1cncs1. The van der Waals surface area contributed by atoms with E-state index >= 15 is 0 Å². The van der Waals surface area contributed by atoms with Crippen LogP contribution in [0.4, 0.5) is 0 Å². The van der Waals surface area contributed by atoms with Crippen molar-refractivity contribution in [2.75, 3.05) is 6.61 Å². The van der Waals surface area contributed by atoms with Gasteiger partial charge in [0.2, 0.25) is 0 Å². The van der Waals surface area contributed by atoms with E-state index in [1.165, 1.54) is 0 Å². The summed E-state index contributed by atoms with van der Waals surface area (Å²) in [5, 5.41) is 0. The van der Waals surface area contributed by atoms with Crippen molar-refractivity contribution in [1.29, 1.82) is 0 Å². The predicted octanol–water partition coefficient (Wildman–Crippen LogP) is 2.70. The molecule has 1 amide bonds. The summed E-state index contributed by atoms with van der Waals surface area (Å²) in [6.07, 6.45) is 6.28. The normalized spacial score (nSPS) is 18.6. The maximum absolute atomic E-state index is 12.7. The molecule has 7 heteroatoms. The summed E-state index contributed by atoms with van der Waals surface area (Å²) in [7, 11) is 0. The van der Waals surface area contributed by atoms with E-state index in [1.807, 2.05) is 17.3 Å². The van der Waals surface area contributed by atoms with Crippen LogP contribution < -0.4 is 0 Å². The van der Waals surface area contributed by atoms with Gasteiger partial charge in [-0.05, 0) is 19.3 Å². The molecule has 1 unspecified atom stereocenters. The van der Waals surface area contributed by atoms with Crippen molar-refractivity contribution in [1.82, 2.24) is 14.9 Å². The monoisotopic (exact) mass is 323 g/mol. The number of thiazole rings is 2. The Morgan fingerprint density at radius 2 is 1.86 bits per heavy atom. The minimum Gasteiger partial charge on any atom is -0.368 e. The Morgan fingerprint density at radius 1 is 1.19 bits per heavy atom. The highest BCUT2D eigenvalue weighted by molar-refractivity contribution is 7.09. The summed E-state index contributed by atoms with van der Waals surface area (Å²) in [5.74, 6) is 0.0801. The molecule has 2 aromatic rings. The second-order valence-electron chi connectivity index (χ2n) is 4.99. The molecule has 1 atom stereocenters. The molecule has 5 nitrogen and oxygen atoms in total. The molecular formula is C14H17N3O2S2. The lowest BCUT2D eigenvalue weighted by atomic mass is 10.1. The van der Waals surface area contributed by atoms with E-state index in [0.29, 0.717) is 19.7 Å². The number of carbonyl (C=O) groups is 1. The molecule has 0 saturated carbocycles. The molecular weight excluding hydrogens is 306 g/mol. The molecule has 3 heterocycles. The maximum atomic E-state index is 12.7. The van der Waals surface area contributed by atoms with Crippen molar-refractivity contribution in [3.8, 4) is 0 Å². The van der Waals surface area contributed by atoms with Gasteiger partial charge in [0.05, 0.1) is 24.1 Å². The molecule has 1 aliphatic heterocycles. The largest absolute Gasteiger partial charge is 0.368 e. The summed E-state index contributed by atoms with van der Waals surface area (Å²) in [4.78, 5) is 24.9. The van der Waals surface area contributed by atoms with Gasteiger partial charge < -0.3 is 9.64 Å². The fraction of sp³-hybridized carbons (Fsp3) is 0.500. The van der Waals surface area contributed by atoms with Crippen LogP contribution in [0.3, 0.4) is 0 Å². The van der Waals surface area contributed by atoms with E-state index in [9.17, 15) is 4.79 Å². The average Bonchev–Trinajstić information content (AvgIpc) is 3.20. The van der Waals surface area contributed by atoms with Gasteiger partial charge in [0.15, 0.2) is 0 Å². The third-order valence-electron chi connectivity index (χ3n) is 3.43. The van der Waals surface area contributed by atoms with Crippen LogP contribution in [0.5, 0.6) is 0 Å². The van der Waals surface area contributed by atoms with Crippen LogP contribution in [-0.2, 0) is 22.6 Å². The molecule has 21 heavy (non-hydrogen) atoms. The third kappa shape index (κ3) is 3.87. The second-order valence-corrected chi connectivity index (χ2v) is 6.93. The van der Waals surface area contributed by atoms with Gasteiger partial charge in [0.25, 0.3) is 5.91 Å². The molecule has 0 spiro atoms. The second kappa shape index (κ2) is 7.11. The van der Waals surface area contributed by atoms with E-state index in [2.05, 4.69) is 9.97 Å². The van der Waals surface area contributed by atoms with Crippen LogP contribution in [0.1, 0.15) is 29.0 Å². The van der Waals surface area contributed by atoms with Crippen LogP contribution in [0.15, 0.2) is 23.4 Å². The lowest BCUT2D eigenvalue weighted by molar-refractivity contribution is -0.147. The van der Waals surface area contributed by atoms with Crippen LogP contribution in [0.25, 0.3) is 0 Å². The lowest BCUT2D eigenvalue weighted by Crippen LogP contribution is -2.40. The maximum Gasteiger partial charge on any atom is 0.252 e. The van der Waals surface area contributed by atoms with Crippen molar-refractivity contribution >= 4 is 28.6 Å². The van der Waals surface area contributed by atoms with E-state index in [1.54, 1.807) is 33.7 Å². The van der Waals surface area contributed by atoms with E-state index < -0.39 is 0 Å². The first-order chi connectivity index (χ1) is 10.3. The number of hydrogen-bond acceptors (Lipinski definition) is 6. The summed E-state index contributed by atoms with van der Waals surface area (Å²) >= 11 is 3.14.